The van der Waals surface area contributed by atoms with Crippen molar-refractivity contribution < 1.29 is 14.0 Å². The molecule has 5 nitrogen and oxygen atoms in total. The molecule has 23 heavy (non-hydrogen) atoms. The van der Waals surface area contributed by atoms with Crippen molar-refractivity contribution in [3.63, 3.8) is 0 Å². The number of nitrogens with one attached hydrogen (secondary N) is 2. The molecule has 122 valence electrons. The highest BCUT2D eigenvalue weighted by Crippen LogP contribution is 2.29. The van der Waals surface area contributed by atoms with Crippen LogP contribution in [-0.4, -0.2) is 18.4 Å². The Morgan fingerprint density at radius 1 is 1.09 bits per heavy atom. The van der Waals surface area contributed by atoms with Crippen molar-refractivity contribution in [1.29, 1.82) is 0 Å². The lowest BCUT2D eigenvalue weighted by Gasteiger charge is -2.23. The molecule has 2 N–H and O–H groups in total. The molecule has 1 aromatic carbocycles. The second kappa shape index (κ2) is 7.13. The summed E-state index contributed by atoms with van der Waals surface area (Å²) in [6.07, 6.45) is 1.63. The topological polar surface area (TPSA) is 71.3 Å². The van der Waals surface area contributed by atoms with Gasteiger partial charge in [-0.15, -0.1) is 0 Å². The van der Waals surface area contributed by atoms with E-state index in [-0.39, 0.29) is 36.0 Å². The molecule has 1 aromatic heterocycles. The summed E-state index contributed by atoms with van der Waals surface area (Å²) in [4.78, 5) is 23.8. The Balaban J connectivity index is 1.87. The van der Waals surface area contributed by atoms with Crippen LogP contribution >= 0.6 is 0 Å². The molecule has 2 aromatic rings. The molecule has 0 fully saturated rings. The molecule has 0 aliphatic heterocycles. The number of carbonyl (C=O) groups excluding carboxylic acids is 2. The van der Waals surface area contributed by atoms with Crippen molar-refractivity contribution in [2.24, 2.45) is 0 Å². The van der Waals surface area contributed by atoms with Crippen molar-refractivity contribution in [2.75, 3.05) is 11.9 Å². The highest BCUT2D eigenvalue weighted by atomic mass is 16.3. The van der Waals surface area contributed by atoms with Gasteiger partial charge in [-0.05, 0) is 29.2 Å². The van der Waals surface area contributed by atoms with Crippen molar-refractivity contribution in [3.05, 3.63) is 54.0 Å². The number of anilines is 1. The molecular weight excluding hydrogens is 292 g/mol. The zero-order valence-corrected chi connectivity index (χ0v) is 13.7. The van der Waals surface area contributed by atoms with Gasteiger partial charge in [-0.3, -0.25) is 9.59 Å². The van der Waals surface area contributed by atoms with Crippen molar-refractivity contribution in [1.82, 2.24) is 5.32 Å². The fraction of sp³-hybridized carbons (Fsp3) is 0.333. The molecule has 5 heteroatoms. The number of hydrogen-bond donors (Lipinski definition) is 2. The molecule has 0 saturated heterocycles. The van der Waals surface area contributed by atoms with Crippen LogP contribution in [-0.2, 0) is 10.2 Å². The summed E-state index contributed by atoms with van der Waals surface area (Å²) in [5.74, 6) is -0.220. The Morgan fingerprint density at radius 3 is 2.48 bits per heavy atom. The number of carbonyl (C=O) groups is 2. The second-order valence-electron chi connectivity index (χ2n) is 6.33. The Hall–Kier alpha value is -2.56. The van der Waals surface area contributed by atoms with Gasteiger partial charge in [-0.2, -0.15) is 0 Å². The number of furan rings is 1. The van der Waals surface area contributed by atoms with E-state index >= 15 is 0 Å². The van der Waals surface area contributed by atoms with Gasteiger partial charge in [0.05, 0.1) is 6.26 Å². The Kier molecular flexibility index (Phi) is 5.21. The lowest BCUT2D eigenvalue weighted by Crippen LogP contribution is -2.27. The summed E-state index contributed by atoms with van der Waals surface area (Å²) in [6.45, 7) is 6.55. The van der Waals surface area contributed by atoms with E-state index in [4.69, 9.17) is 4.42 Å². The van der Waals surface area contributed by atoms with Crippen LogP contribution in [0.4, 0.5) is 5.69 Å². The third-order valence-electron chi connectivity index (χ3n) is 3.39. The third kappa shape index (κ3) is 4.71. The van der Waals surface area contributed by atoms with Crippen LogP contribution in [0.5, 0.6) is 0 Å². The summed E-state index contributed by atoms with van der Waals surface area (Å²) in [5, 5.41) is 5.56. The van der Waals surface area contributed by atoms with Gasteiger partial charge in [0, 0.05) is 18.7 Å². The number of benzene rings is 1. The predicted octanol–water partition coefficient (Wildman–Crippen LogP) is 3.34. The van der Waals surface area contributed by atoms with E-state index in [0.29, 0.717) is 0 Å². The first-order valence-electron chi connectivity index (χ1n) is 7.59. The van der Waals surface area contributed by atoms with E-state index in [1.807, 2.05) is 24.3 Å². The van der Waals surface area contributed by atoms with Crippen LogP contribution < -0.4 is 10.6 Å². The highest BCUT2D eigenvalue weighted by molar-refractivity contribution is 5.93. The Bertz CT molecular complexity index is 670. The Labute approximate surface area is 136 Å². The van der Waals surface area contributed by atoms with Crippen LogP contribution in [0.25, 0.3) is 0 Å². The smallest absolute Gasteiger partial charge is 0.286 e. The average Bonchev–Trinajstić information content (AvgIpc) is 3.01. The van der Waals surface area contributed by atoms with Crippen molar-refractivity contribution in [3.8, 4) is 0 Å². The van der Waals surface area contributed by atoms with Gasteiger partial charge in [0.1, 0.15) is 0 Å². The monoisotopic (exact) mass is 314 g/mol. The molecular formula is C18H22N2O3. The zero-order chi connectivity index (χ0) is 16.9. The third-order valence-corrected chi connectivity index (χ3v) is 3.39. The molecule has 2 rings (SSSR count). The van der Waals surface area contributed by atoms with Crippen LogP contribution in [0.1, 0.15) is 43.3 Å². The minimum Gasteiger partial charge on any atom is -0.459 e. The van der Waals surface area contributed by atoms with Crippen molar-refractivity contribution in [2.45, 2.75) is 32.6 Å². The molecule has 0 bridgehead atoms. The number of rotatable bonds is 5. The SMILES string of the molecule is CC(C)(C)c1ccccc1NC(=O)CCNC(=O)c1ccco1. The molecule has 0 aliphatic carbocycles. The lowest BCUT2D eigenvalue weighted by molar-refractivity contribution is -0.116. The van der Waals surface area contributed by atoms with Gasteiger partial charge >= 0.3 is 0 Å². The maximum atomic E-state index is 12.1. The van der Waals surface area contributed by atoms with Gasteiger partial charge in [0.25, 0.3) is 5.91 Å². The number of amides is 2. The van der Waals surface area contributed by atoms with Gasteiger partial charge < -0.3 is 15.1 Å². The van der Waals surface area contributed by atoms with E-state index in [9.17, 15) is 9.59 Å². The minimum absolute atomic E-state index is 0.0582. The standard InChI is InChI=1S/C18H22N2O3/c1-18(2,3)13-7-4-5-8-14(13)20-16(21)10-11-19-17(22)15-9-6-12-23-15/h4-9,12H,10-11H2,1-3H3,(H,19,22)(H,20,21). The number of para-hydroxylation sites is 1. The maximum absolute atomic E-state index is 12.1. The maximum Gasteiger partial charge on any atom is 0.286 e. The summed E-state index contributed by atoms with van der Waals surface area (Å²) in [5.41, 5.74) is 1.83. The number of hydrogen-bond acceptors (Lipinski definition) is 3. The minimum atomic E-state index is -0.321. The largest absolute Gasteiger partial charge is 0.459 e. The summed E-state index contributed by atoms with van der Waals surface area (Å²) in [6, 6.07) is 11.0. The quantitative estimate of drug-likeness (QED) is 0.889. The lowest BCUT2D eigenvalue weighted by atomic mass is 9.86. The van der Waals surface area contributed by atoms with Crippen LogP contribution in [0.3, 0.4) is 0 Å². The molecule has 2 amide bonds. The molecule has 0 atom stereocenters. The van der Waals surface area contributed by atoms with E-state index < -0.39 is 0 Å². The van der Waals surface area contributed by atoms with E-state index in [1.54, 1.807) is 12.1 Å². The van der Waals surface area contributed by atoms with Crippen LogP contribution in [0.15, 0.2) is 47.1 Å². The van der Waals surface area contributed by atoms with Gasteiger partial charge in [0.15, 0.2) is 5.76 Å². The molecule has 0 unspecified atom stereocenters. The fourth-order valence-corrected chi connectivity index (χ4v) is 2.24. The van der Waals surface area contributed by atoms with Gasteiger partial charge in [-0.25, -0.2) is 0 Å². The summed E-state index contributed by atoms with van der Waals surface area (Å²) in [7, 11) is 0. The average molecular weight is 314 g/mol. The van der Waals surface area contributed by atoms with Crippen LogP contribution in [0.2, 0.25) is 0 Å². The molecule has 0 spiro atoms. The van der Waals surface area contributed by atoms with E-state index in [0.717, 1.165) is 11.3 Å². The van der Waals surface area contributed by atoms with Gasteiger partial charge in [0.2, 0.25) is 5.91 Å². The summed E-state index contributed by atoms with van der Waals surface area (Å²) < 4.78 is 4.99. The second-order valence-corrected chi connectivity index (χ2v) is 6.33. The molecule has 0 aliphatic rings. The highest BCUT2D eigenvalue weighted by Gasteiger charge is 2.18. The molecule has 0 radical (unpaired) electrons. The Morgan fingerprint density at radius 2 is 1.83 bits per heavy atom. The fourth-order valence-electron chi connectivity index (χ4n) is 2.24. The zero-order valence-electron chi connectivity index (χ0n) is 13.7. The van der Waals surface area contributed by atoms with E-state index in [2.05, 4.69) is 31.4 Å². The first-order chi connectivity index (χ1) is 10.9. The molecule has 1 heterocycles. The van der Waals surface area contributed by atoms with Gasteiger partial charge in [-0.1, -0.05) is 39.0 Å². The van der Waals surface area contributed by atoms with Crippen molar-refractivity contribution >= 4 is 17.5 Å². The molecule has 0 saturated carbocycles. The van der Waals surface area contributed by atoms with Crippen LogP contribution in [0, 0.1) is 0 Å². The predicted molar refractivity (Wildman–Crippen MR) is 89.4 cm³/mol. The normalized spacial score (nSPS) is 11.1. The first-order valence-corrected chi connectivity index (χ1v) is 7.59. The first kappa shape index (κ1) is 16.8. The summed E-state index contributed by atoms with van der Waals surface area (Å²) >= 11 is 0. The van der Waals surface area contributed by atoms with E-state index in [1.165, 1.54) is 6.26 Å².